The summed E-state index contributed by atoms with van der Waals surface area (Å²) in [6.07, 6.45) is 5.94. The van der Waals surface area contributed by atoms with Gasteiger partial charge in [-0.2, -0.15) is 4.98 Å². The van der Waals surface area contributed by atoms with Gasteiger partial charge in [-0.25, -0.2) is 4.98 Å². The van der Waals surface area contributed by atoms with Gasteiger partial charge >= 0.3 is 5.97 Å². The van der Waals surface area contributed by atoms with Crippen LogP contribution in [0.4, 0.5) is 11.8 Å². The highest BCUT2D eigenvalue weighted by Gasteiger charge is 2.26. The van der Waals surface area contributed by atoms with Gasteiger partial charge in [0, 0.05) is 18.5 Å². The monoisotopic (exact) mass is 319 g/mol. The van der Waals surface area contributed by atoms with E-state index in [2.05, 4.69) is 25.9 Å². The predicted octanol–water partition coefficient (Wildman–Crippen LogP) is 1.65. The minimum absolute atomic E-state index is 0.164. The highest BCUT2D eigenvalue weighted by atomic mass is 16.4. The Morgan fingerprint density at radius 2 is 2.00 bits per heavy atom. The van der Waals surface area contributed by atoms with Crippen molar-refractivity contribution in [3.05, 3.63) is 11.8 Å². The number of nitrogens with zero attached hydrogens (tertiary/aromatic N) is 2. The van der Waals surface area contributed by atoms with Crippen LogP contribution in [0.15, 0.2) is 6.07 Å². The van der Waals surface area contributed by atoms with Gasteiger partial charge in [-0.1, -0.05) is 0 Å². The zero-order chi connectivity index (χ0) is 16.1. The molecule has 2 aliphatic rings. The number of anilines is 2. The molecule has 0 bridgehead atoms. The number of carboxylic acids is 1. The van der Waals surface area contributed by atoms with Crippen molar-refractivity contribution in [2.75, 3.05) is 36.8 Å². The average molecular weight is 319 g/mol. The van der Waals surface area contributed by atoms with Gasteiger partial charge in [0.25, 0.3) is 0 Å². The van der Waals surface area contributed by atoms with E-state index in [-0.39, 0.29) is 6.54 Å². The maximum Gasteiger partial charge on any atom is 0.322 e. The van der Waals surface area contributed by atoms with E-state index >= 15 is 0 Å². The molecule has 1 aliphatic heterocycles. The molecular formula is C16H25N5O2. The highest BCUT2D eigenvalue weighted by Crippen LogP contribution is 2.39. The largest absolute Gasteiger partial charge is 0.480 e. The van der Waals surface area contributed by atoms with Crippen LogP contribution in [-0.2, 0) is 4.79 Å². The fourth-order valence-corrected chi connectivity index (χ4v) is 2.95. The normalized spacial score (nSPS) is 18.6. The van der Waals surface area contributed by atoms with Crippen LogP contribution in [0.2, 0.25) is 0 Å². The summed E-state index contributed by atoms with van der Waals surface area (Å²) < 4.78 is 0. The van der Waals surface area contributed by atoms with E-state index in [1.807, 2.05) is 6.07 Å². The van der Waals surface area contributed by atoms with Gasteiger partial charge in [-0.15, -0.1) is 0 Å². The van der Waals surface area contributed by atoms with Gasteiger partial charge in [0.15, 0.2) is 0 Å². The van der Waals surface area contributed by atoms with Crippen molar-refractivity contribution in [1.29, 1.82) is 0 Å². The first-order valence-electron chi connectivity index (χ1n) is 8.50. The molecule has 23 heavy (non-hydrogen) atoms. The molecule has 0 atom stereocenters. The van der Waals surface area contributed by atoms with Crippen molar-refractivity contribution >= 4 is 17.7 Å². The molecule has 1 aliphatic carbocycles. The molecule has 2 fully saturated rings. The summed E-state index contributed by atoms with van der Waals surface area (Å²) in [6, 6.07) is 2.01. The van der Waals surface area contributed by atoms with Crippen molar-refractivity contribution in [3.63, 3.8) is 0 Å². The molecule has 1 aromatic rings. The minimum Gasteiger partial charge on any atom is -0.480 e. The van der Waals surface area contributed by atoms with Gasteiger partial charge < -0.3 is 21.1 Å². The molecule has 0 amide bonds. The number of piperidine rings is 1. The fraction of sp³-hybridized carbons (Fsp3) is 0.688. The predicted molar refractivity (Wildman–Crippen MR) is 88.8 cm³/mol. The SMILES string of the molecule is O=C(O)CNc1nc(NCCC2CCNCC2)cc(C2CC2)n1. The first-order chi connectivity index (χ1) is 11.2. The molecule has 0 radical (unpaired) electrons. The number of nitrogens with one attached hydrogen (secondary N) is 3. The topological polar surface area (TPSA) is 99.2 Å². The molecule has 7 nitrogen and oxygen atoms in total. The lowest BCUT2D eigenvalue weighted by Crippen LogP contribution is -2.28. The molecular weight excluding hydrogens is 294 g/mol. The molecule has 7 heteroatoms. The van der Waals surface area contributed by atoms with Crippen molar-refractivity contribution in [2.45, 2.75) is 38.0 Å². The van der Waals surface area contributed by atoms with Crippen LogP contribution in [0, 0.1) is 5.92 Å². The van der Waals surface area contributed by atoms with Gasteiger partial charge in [-0.3, -0.25) is 4.79 Å². The van der Waals surface area contributed by atoms with E-state index < -0.39 is 5.97 Å². The molecule has 1 aromatic heterocycles. The van der Waals surface area contributed by atoms with Crippen LogP contribution in [0.5, 0.6) is 0 Å². The van der Waals surface area contributed by atoms with E-state index in [1.165, 1.54) is 12.8 Å². The van der Waals surface area contributed by atoms with Crippen molar-refractivity contribution in [1.82, 2.24) is 15.3 Å². The third kappa shape index (κ3) is 5.06. The number of rotatable bonds is 8. The van der Waals surface area contributed by atoms with Crippen molar-refractivity contribution < 1.29 is 9.90 Å². The molecule has 1 saturated heterocycles. The number of aromatic nitrogens is 2. The Morgan fingerprint density at radius 1 is 1.22 bits per heavy atom. The lowest BCUT2D eigenvalue weighted by Gasteiger charge is -2.22. The first kappa shape index (κ1) is 16.0. The Morgan fingerprint density at radius 3 is 2.70 bits per heavy atom. The van der Waals surface area contributed by atoms with Crippen LogP contribution in [-0.4, -0.2) is 47.2 Å². The maximum absolute atomic E-state index is 10.7. The second kappa shape index (κ2) is 7.59. The molecule has 1 saturated carbocycles. The zero-order valence-electron chi connectivity index (χ0n) is 13.3. The third-order valence-electron chi connectivity index (χ3n) is 4.46. The van der Waals surface area contributed by atoms with E-state index in [4.69, 9.17) is 5.11 Å². The lowest BCUT2D eigenvalue weighted by molar-refractivity contribution is -0.134. The molecule has 2 heterocycles. The van der Waals surface area contributed by atoms with Crippen LogP contribution in [0.25, 0.3) is 0 Å². The summed E-state index contributed by atoms with van der Waals surface area (Å²) in [5, 5.41) is 18.3. The van der Waals surface area contributed by atoms with E-state index in [1.54, 1.807) is 0 Å². The number of carboxylic acid groups (broad SMARTS) is 1. The van der Waals surface area contributed by atoms with E-state index in [9.17, 15) is 4.79 Å². The van der Waals surface area contributed by atoms with E-state index in [0.29, 0.717) is 11.9 Å². The lowest BCUT2D eigenvalue weighted by atomic mass is 9.95. The van der Waals surface area contributed by atoms with Gasteiger partial charge in [-0.05, 0) is 51.1 Å². The number of aliphatic carboxylic acids is 1. The quantitative estimate of drug-likeness (QED) is 0.578. The zero-order valence-corrected chi connectivity index (χ0v) is 13.3. The summed E-state index contributed by atoms with van der Waals surface area (Å²) in [5.74, 6) is 1.57. The molecule has 0 unspecified atom stereocenters. The molecule has 3 rings (SSSR count). The summed E-state index contributed by atoms with van der Waals surface area (Å²) in [5.41, 5.74) is 1.01. The fourth-order valence-electron chi connectivity index (χ4n) is 2.95. The highest BCUT2D eigenvalue weighted by molar-refractivity contribution is 5.71. The Labute approximate surface area is 136 Å². The molecule has 4 N–H and O–H groups in total. The number of hydrogen-bond donors (Lipinski definition) is 4. The van der Waals surface area contributed by atoms with Crippen LogP contribution in [0.3, 0.4) is 0 Å². The first-order valence-corrected chi connectivity index (χ1v) is 8.50. The summed E-state index contributed by atoms with van der Waals surface area (Å²) in [4.78, 5) is 19.5. The molecule has 126 valence electrons. The Balaban J connectivity index is 1.56. The third-order valence-corrected chi connectivity index (χ3v) is 4.46. The smallest absolute Gasteiger partial charge is 0.322 e. The van der Waals surface area contributed by atoms with Crippen LogP contribution < -0.4 is 16.0 Å². The molecule has 0 spiro atoms. The summed E-state index contributed by atoms with van der Waals surface area (Å²) >= 11 is 0. The number of carbonyl (C=O) groups is 1. The standard InChI is InChI=1S/C16H25N5O2/c22-15(23)10-19-16-20-13(12-1-2-12)9-14(21-16)18-8-5-11-3-6-17-7-4-11/h9,11-12,17H,1-8,10H2,(H,22,23)(H2,18,19,20,21). The van der Waals surface area contributed by atoms with E-state index in [0.717, 1.165) is 56.3 Å². The maximum atomic E-state index is 10.7. The Hall–Kier alpha value is -1.89. The van der Waals surface area contributed by atoms with Gasteiger partial charge in [0.1, 0.15) is 12.4 Å². The van der Waals surface area contributed by atoms with Gasteiger partial charge in [0.2, 0.25) is 5.95 Å². The minimum atomic E-state index is -0.911. The Bertz CT molecular complexity index is 541. The van der Waals surface area contributed by atoms with Crippen LogP contribution in [0.1, 0.15) is 43.7 Å². The average Bonchev–Trinajstić information content (AvgIpc) is 3.39. The van der Waals surface area contributed by atoms with Crippen molar-refractivity contribution in [2.24, 2.45) is 5.92 Å². The van der Waals surface area contributed by atoms with Crippen LogP contribution >= 0.6 is 0 Å². The van der Waals surface area contributed by atoms with Crippen molar-refractivity contribution in [3.8, 4) is 0 Å². The summed E-state index contributed by atoms with van der Waals surface area (Å²) in [7, 11) is 0. The summed E-state index contributed by atoms with van der Waals surface area (Å²) in [6.45, 7) is 2.97. The molecule has 0 aromatic carbocycles. The second-order valence-electron chi connectivity index (χ2n) is 6.43. The second-order valence-corrected chi connectivity index (χ2v) is 6.43. The number of hydrogen-bond acceptors (Lipinski definition) is 6. The van der Waals surface area contributed by atoms with Gasteiger partial charge in [0.05, 0.1) is 5.69 Å². The Kier molecular flexibility index (Phi) is 5.27.